The summed E-state index contributed by atoms with van der Waals surface area (Å²) in [7, 11) is 0. The highest BCUT2D eigenvalue weighted by molar-refractivity contribution is 4.70. The number of aliphatic hydroxyl groups is 1. The summed E-state index contributed by atoms with van der Waals surface area (Å²) in [6, 6.07) is 0.844. The number of aliphatic hydroxyl groups excluding tert-OH is 1. The molecule has 1 heterocycles. The molecule has 0 fully saturated rings. The summed E-state index contributed by atoms with van der Waals surface area (Å²) in [5.74, 6) is 0. The molecule has 0 spiro atoms. The summed E-state index contributed by atoms with van der Waals surface area (Å²) in [5.41, 5.74) is 0. The molecule has 2 unspecified atom stereocenters. The number of hydrogen-bond acceptors (Lipinski definition) is 4. The van der Waals surface area contributed by atoms with Crippen molar-refractivity contribution in [2.75, 3.05) is 6.61 Å². The highest BCUT2D eigenvalue weighted by atomic mass is 16.3. The number of rotatable bonds is 8. The Hall–Kier alpha value is -0.940. The van der Waals surface area contributed by atoms with Crippen LogP contribution in [0.25, 0.3) is 0 Å². The van der Waals surface area contributed by atoms with Gasteiger partial charge >= 0.3 is 0 Å². The largest absolute Gasteiger partial charge is 0.396 e. The second-order valence-electron chi connectivity index (χ2n) is 4.13. The third kappa shape index (κ3) is 4.72. The van der Waals surface area contributed by atoms with Gasteiger partial charge in [0.05, 0.1) is 0 Å². The van der Waals surface area contributed by atoms with Gasteiger partial charge in [-0.3, -0.25) is 4.68 Å². The van der Waals surface area contributed by atoms with Crippen molar-refractivity contribution in [2.45, 2.75) is 51.7 Å². The molecule has 0 saturated carbocycles. The molecular formula is C11H22N4O. The fraction of sp³-hybridized carbons (Fsp3) is 0.818. The molecular weight excluding hydrogens is 204 g/mol. The van der Waals surface area contributed by atoms with Crippen LogP contribution in [0.4, 0.5) is 0 Å². The molecule has 2 atom stereocenters. The van der Waals surface area contributed by atoms with Crippen molar-refractivity contribution < 1.29 is 5.11 Å². The lowest BCUT2D eigenvalue weighted by Crippen LogP contribution is -2.37. The Morgan fingerprint density at radius 1 is 1.44 bits per heavy atom. The van der Waals surface area contributed by atoms with E-state index in [9.17, 15) is 0 Å². The van der Waals surface area contributed by atoms with Gasteiger partial charge in [0.1, 0.15) is 12.7 Å². The van der Waals surface area contributed by atoms with Crippen LogP contribution in [-0.4, -0.2) is 38.6 Å². The first kappa shape index (κ1) is 13.1. The van der Waals surface area contributed by atoms with Gasteiger partial charge in [0.25, 0.3) is 0 Å². The molecule has 1 aromatic rings. The maximum absolute atomic E-state index is 8.90. The first-order valence-corrected chi connectivity index (χ1v) is 5.95. The van der Waals surface area contributed by atoms with Crippen LogP contribution in [0.3, 0.4) is 0 Å². The first-order valence-electron chi connectivity index (χ1n) is 5.95. The highest BCUT2D eigenvalue weighted by Crippen LogP contribution is 2.02. The van der Waals surface area contributed by atoms with Crippen LogP contribution in [0, 0.1) is 0 Å². The molecule has 5 nitrogen and oxygen atoms in total. The highest BCUT2D eigenvalue weighted by Gasteiger charge is 2.09. The Bertz CT molecular complexity index is 263. The van der Waals surface area contributed by atoms with E-state index >= 15 is 0 Å². The van der Waals surface area contributed by atoms with Crippen LogP contribution in [0.1, 0.15) is 33.1 Å². The van der Waals surface area contributed by atoms with Crippen LogP contribution in [0.5, 0.6) is 0 Å². The Balaban J connectivity index is 2.21. The molecule has 1 aromatic heterocycles. The molecule has 92 valence electrons. The van der Waals surface area contributed by atoms with Crippen molar-refractivity contribution in [1.29, 1.82) is 0 Å². The van der Waals surface area contributed by atoms with Gasteiger partial charge in [0.15, 0.2) is 0 Å². The average Bonchev–Trinajstić information content (AvgIpc) is 2.78. The van der Waals surface area contributed by atoms with E-state index in [-0.39, 0.29) is 6.61 Å². The van der Waals surface area contributed by atoms with Crippen LogP contribution in [0.15, 0.2) is 12.7 Å². The monoisotopic (exact) mass is 226 g/mol. The van der Waals surface area contributed by atoms with E-state index < -0.39 is 0 Å². The third-order valence-electron chi connectivity index (χ3n) is 2.75. The summed E-state index contributed by atoms with van der Waals surface area (Å²) in [6.07, 6.45) is 6.18. The summed E-state index contributed by atoms with van der Waals surface area (Å²) in [4.78, 5) is 3.91. The molecule has 0 radical (unpaired) electrons. The van der Waals surface area contributed by atoms with E-state index in [0.29, 0.717) is 12.1 Å². The molecule has 2 N–H and O–H groups in total. The van der Waals surface area contributed by atoms with Crippen LogP contribution in [-0.2, 0) is 6.54 Å². The lowest BCUT2D eigenvalue weighted by Gasteiger charge is -2.21. The van der Waals surface area contributed by atoms with Gasteiger partial charge in [0, 0.05) is 25.2 Å². The molecule has 16 heavy (non-hydrogen) atoms. The second kappa shape index (κ2) is 7.35. The zero-order valence-corrected chi connectivity index (χ0v) is 10.1. The summed E-state index contributed by atoms with van der Waals surface area (Å²) >= 11 is 0. The van der Waals surface area contributed by atoms with E-state index in [0.717, 1.165) is 25.8 Å². The molecule has 1 rings (SSSR count). The topological polar surface area (TPSA) is 63.0 Å². The first-order chi connectivity index (χ1) is 7.76. The molecule has 0 aromatic carbocycles. The lowest BCUT2D eigenvalue weighted by atomic mass is 10.1. The Kier molecular flexibility index (Phi) is 6.03. The molecule has 0 amide bonds. The van der Waals surface area contributed by atoms with E-state index in [4.69, 9.17) is 5.11 Å². The molecule has 0 saturated heterocycles. The van der Waals surface area contributed by atoms with Crippen LogP contribution < -0.4 is 5.32 Å². The van der Waals surface area contributed by atoms with E-state index in [2.05, 4.69) is 29.2 Å². The van der Waals surface area contributed by atoms with Crippen LogP contribution in [0.2, 0.25) is 0 Å². The SMILES string of the molecule is CCC(CCO)NC(C)CCn1cncn1. The molecule has 0 bridgehead atoms. The van der Waals surface area contributed by atoms with Crippen molar-refractivity contribution in [3.05, 3.63) is 12.7 Å². The fourth-order valence-electron chi connectivity index (χ4n) is 1.72. The standard InChI is InChI=1S/C11H22N4O/c1-3-11(5-7-16)14-10(2)4-6-15-9-12-8-13-15/h8-11,14,16H,3-7H2,1-2H3. The van der Waals surface area contributed by atoms with E-state index in [1.54, 1.807) is 12.7 Å². The Labute approximate surface area is 96.9 Å². The van der Waals surface area contributed by atoms with Gasteiger partial charge < -0.3 is 10.4 Å². The van der Waals surface area contributed by atoms with E-state index in [1.165, 1.54) is 0 Å². The summed E-state index contributed by atoms with van der Waals surface area (Å²) in [5, 5.41) is 16.5. The van der Waals surface area contributed by atoms with Crippen molar-refractivity contribution in [1.82, 2.24) is 20.1 Å². The predicted octanol–water partition coefficient (Wildman–Crippen LogP) is 0.807. The average molecular weight is 226 g/mol. The Morgan fingerprint density at radius 3 is 2.81 bits per heavy atom. The minimum absolute atomic E-state index is 0.251. The van der Waals surface area contributed by atoms with Gasteiger partial charge in [-0.1, -0.05) is 6.92 Å². The second-order valence-corrected chi connectivity index (χ2v) is 4.13. The van der Waals surface area contributed by atoms with Crippen molar-refractivity contribution >= 4 is 0 Å². The smallest absolute Gasteiger partial charge is 0.137 e. The van der Waals surface area contributed by atoms with Gasteiger partial charge in [0.2, 0.25) is 0 Å². The molecule has 5 heteroatoms. The summed E-state index contributed by atoms with van der Waals surface area (Å²) < 4.78 is 1.84. The van der Waals surface area contributed by atoms with Crippen molar-refractivity contribution in [3.8, 4) is 0 Å². The molecule has 0 aliphatic heterocycles. The number of nitrogens with one attached hydrogen (secondary N) is 1. The number of hydrogen-bond donors (Lipinski definition) is 2. The Morgan fingerprint density at radius 2 is 2.25 bits per heavy atom. The maximum Gasteiger partial charge on any atom is 0.137 e. The zero-order chi connectivity index (χ0) is 11.8. The lowest BCUT2D eigenvalue weighted by molar-refractivity contribution is 0.254. The predicted molar refractivity (Wildman–Crippen MR) is 63.0 cm³/mol. The van der Waals surface area contributed by atoms with Crippen LogP contribution >= 0.6 is 0 Å². The molecule has 0 aliphatic rings. The zero-order valence-electron chi connectivity index (χ0n) is 10.1. The number of nitrogens with zero attached hydrogens (tertiary/aromatic N) is 3. The van der Waals surface area contributed by atoms with Gasteiger partial charge in [-0.15, -0.1) is 0 Å². The van der Waals surface area contributed by atoms with Crippen molar-refractivity contribution in [2.24, 2.45) is 0 Å². The normalized spacial score (nSPS) is 14.9. The van der Waals surface area contributed by atoms with Gasteiger partial charge in [-0.05, 0) is 26.2 Å². The third-order valence-corrected chi connectivity index (χ3v) is 2.75. The van der Waals surface area contributed by atoms with Gasteiger partial charge in [-0.2, -0.15) is 5.10 Å². The number of aryl methyl sites for hydroxylation is 1. The maximum atomic E-state index is 8.90. The number of aromatic nitrogens is 3. The molecule has 0 aliphatic carbocycles. The van der Waals surface area contributed by atoms with E-state index in [1.807, 2.05) is 4.68 Å². The quantitative estimate of drug-likeness (QED) is 0.688. The van der Waals surface area contributed by atoms with Crippen molar-refractivity contribution in [3.63, 3.8) is 0 Å². The van der Waals surface area contributed by atoms with Gasteiger partial charge in [-0.25, -0.2) is 4.98 Å². The fourth-order valence-corrected chi connectivity index (χ4v) is 1.72. The minimum atomic E-state index is 0.251. The minimum Gasteiger partial charge on any atom is -0.396 e. The summed E-state index contributed by atoms with van der Waals surface area (Å²) in [6.45, 7) is 5.43.